The molecule has 1 aliphatic heterocycles. The summed E-state index contributed by atoms with van der Waals surface area (Å²) in [4.78, 5) is 60.3. The van der Waals surface area contributed by atoms with E-state index in [2.05, 4.69) is 5.32 Å². The molecule has 3 rings (SSSR count). The summed E-state index contributed by atoms with van der Waals surface area (Å²) in [5, 5.41) is 4.55. The van der Waals surface area contributed by atoms with Crippen molar-refractivity contribution in [2.45, 2.75) is 64.8 Å². The van der Waals surface area contributed by atoms with Gasteiger partial charge in [0, 0.05) is 27.7 Å². The van der Waals surface area contributed by atoms with Gasteiger partial charge in [-0.15, -0.1) is 0 Å². The molecule has 198 valence electrons. The largest absolute Gasteiger partial charge is 0.463 e. The van der Waals surface area contributed by atoms with E-state index in [1.165, 1.54) is 6.92 Å². The van der Waals surface area contributed by atoms with Gasteiger partial charge in [0.2, 0.25) is 12.2 Å². The molecule has 1 amide bonds. The molecule has 11 nitrogen and oxygen atoms in total. The first-order valence-electron chi connectivity index (χ1n) is 11.6. The zero-order valence-corrected chi connectivity index (χ0v) is 20.9. The van der Waals surface area contributed by atoms with Crippen molar-refractivity contribution in [3.05, 3.63) is 48.0 Å². The van der Waals surface area contributed by atoms with Crippen LogP contribution in [0.15, 0.2) is 42.5 Å². The standard InChI is InChI=1S/C26H29NO10/c1-14(28)33-13-21-24(34-15(2)29)25(35-16(3)30)23(26(37-21)36-17(4)31)27-22(32)12-19-10-7-9-18-8-5-6-11-20(18)19/h5-11,21,23-26H,12-13H2,1-4H3,(H,27,32)/t21-,23+,24-,25-,26-/m1/s1. The number of amides is 1. The molecule has 2 aromatic carbocycles. The van der Waals surface area contributed by atoms with Gasteiger partial charge >= 0.3 is 23.9 Å². The van der Waals surface area contributed by atoms with Crippen molar-refractivity contribution < 1.29 is 47.7 Å². The van der Waals surface area contributed by atoms with Crippen LogP contribution in [0.4, 0.5) is 0 Å². The molecule has 1 heterocycles. The summed E-state index contributed by atoms with van der Waals surface area (Å²) in [5.41, 5.74) is 0.740. The molecule has 0 radical (unpaired) electrons. The number of fused-ring (bicyclic) bond motifs is 1. The number of carbonyl (C=O) groups is 5. The van der Waals surface area contributed by atoms with Gasteiger partial charge in [-0.05, 0) is 16.3 Å². The van der Waals surface area contributed by atoms with Crippen LogP contribution >= 0.6 is 0 Å². The van der Waals surface area contributed by atoms with Crippen molar-refractivity contribution in [1.29, 1.82) is 0 Å². The molecular formula is C26H29NO10. The minimum atomic E-state index is -1.44. The highest BCUT2D eigenvalue weighted by atomic mass is 16.7. The summed E-state index contributed by atoms with van der Waals surface area (Å²) in [6.07, 6.45) is -5.25. The van der Waals surface area contributed by atoms with Crippen molar-refractivity contribution in [3.8, 4) is 0 Å². The number of hydrogen-bond acceptors (Lipinski definition) is 10. The molecule has 0 bridgehead atoms. The van der Waals surface area contributed by atoms with Gasteiger partial charge in [-0.1, -0.05) is 42.5 Å². The molecule has 11 heteroatoms. The molecule has 1 fully saturated rings. The van der Waals surface area contributed by atoms with Crippen LogP contribution in [0.5, 0.6) is 0 Å². The minimum Gasteiger partial charge on any atom is -0.463 e. The maximum atomic E-state index is 13.2. The van der Waals surface area contributed by atoms with Gasteiger partial charge in [0.1, 0.15) is 18.8 Å². The predicted octanol–water partition coefficient (Wildman–Crippen LogP) is 1.58. The van der Waals surface area contributed by atoms with Crippen LogP contribution in [0.1, 0.15) is 33.3 Å². The maximum Gasteiger partial charge on any atom is 0.305 e. The first-order chi connectivity index (χ1) is 17.5. The SMILES string of the molecule is CC(=O)OC[C@H]1O[C@@H](OC(C)=O)[C@@H](NC(=O)Cc2cccc3ccccc23)[C@@H](OC(C)=O)[C@@H]1OC(C)=O. The third-order valence-corrected chi connectivity index (χ3v) is 5.54. The Morgan fingerprint density at radius 3 is 2.05 bits per heavy atom. The molecule has 0 saturated carbocycles. The highest BCUT2D eigenvalue weighted by Gasteiger charge is 2.52. The third-order valence-electron chi connectivity index (χ3n) is 5.54. The highest BCUT2D eigenvalue weighted by Crippen LogP contribution is 2.28. The number of rotatable bonds is 8. The van der Waals surface area contributed by atoms with Gasteiger partial charge in [0.05, 0.1) is 6.42 Å². The van der Waals surface area contributed by atoms with E-state index >= 15 is 0 Å². The van der Waals surface area contributed by atoms with Gasteiger partial charge in [0.25, 0.3) is 0 Å². The molecule has 1 N–H and O–H groups in total. The van der Waals surface area contributed by atoms with Crippen LogP contribution in [-0.2, 0) is 54.1 Å². The van der Waals surface area contributed by atoms with Crippen molar-refractivity contribution >= 4 is 40.6 Å². The first kappa shape index (κ1) is 27.6. The minimum absolute atomic E-state index is 0.0491. The molecular weight excluding hydrogens is 486 g/mol. The van der Waals surface area contributed by atoms with E-state index in [0.29, 0.717) is 0 Å². The monoisotopic (exact) mass is 515 g/mol. The van der Waals surface area contributed by atoms with Gasteiger partial charge in [-0.3, -0.25) is 24.0 Å². The summed E-state index contributed by atoms with van der Waals surface area (Å²) in [7, 11) is 0. The van der Waals surface area contributed by atoms with E-state index in [1.54, 1.807) is 0 Å². The van der Waals surface area contributed by atoms with Crippen LogP contribution in [0.2, 0.25) is 0 Å². The Morgan fingerprint density at radius 1 is 0.784 bits per heavy atom. The Labute approximate surface area is 213 Å². The third kappa shape index (κ3) is 7.50. The Hall–Kier alpha value is -3.99. The first-order valence-corrected chi connectivity index (χ1v) is 11.6. The van der Waals surface area contributed by atoms with Gasteiger partial charge in [0.15, 0.2) is 12.2 Å². The Morgan fingerprint density at radius 2 is 1.41 bits per heavy atom. The van der Waals surface area contributed by atoms with Gasteiger partial charge in [-0.25, -0.2) is 0 Å². The fourth-order valence-electron chi connectivity index (χ4n) is 4.18. The fraction of sp³-hybridized carbons (Fsp3) is 0.423. The summed E-state index contributed by atoms with van der Waals surface area (Å²) in [5.74, 6) is -3.34. The summed E-state index contributed by atoms with van der Waals surface area (Å²) in [6, 6.07) is 11.9. The van der Waals surface area contributed by atoms with Crippen molar-refractivity contribution in [3.63, 3.8) is 0 Å². The zero-order chi connectivity index (χ0) is 27.1. The molecule has 2 aromatic rings. The van der Waals surface area contributed by atoms with Crippen LogP contribution in [0, 0.1) is 0 Å². The number of ether oxygens (including phenoxy) is 5. The lowest BCUT2D eigenvalue weighted by molar-refractivity contribution is -0.271. The summed E-state index contributed by atoms with van der Waals surface area (Å²) in [6.45, 7) is 4.20. The van der Waals surface area contributed by atoms with Crippen LogP contribution in [0.25, 0.3) is 10.8 Å². The fourth-order valence-corrected chi connectivity index (χ4v) is 4.18. The lowest BCUT2D eigenvalue weighted by atomic mass is 9.95. The number of carbonyl (C=O) groups excluding carboxylic acids is 5. The van der Waals surface area contributed by atoms with Crippen LogP contribution in [-0.4, -0.2) is 67.0 Å². The van der Waals surface area contributed by atoms with E-state index in [9.17, 15) is 24.0 Å². The molecule has 1 saturated heterocycles. The van der Waals surface area contributed by atoms with E-state index in [1.807, 2.05) is 42.5 Å². The molecule has 1 aliphatic rings. The molecule has 5 atom stereocenters. The second-order valence-electron chi connectivity index (χ2n) is 8.51. The average molecular weight is 516 g/mol. The number of benzene rings is 2. The topological polar surface area (TPSA) is 144 Å². The van der Waals surface area contributed by atoms with Crippen LogP contribution < -0.4 is 5.32 Å². The average Bonchev–Trinajstić information content (AvgIpc) is 2.81. The summed E-state index contributed by atoms with van der Waals surface area (Å²) < 4.78 is 26.9. The molecule has 0 aromatic heterocycles. The Bertz CT molecular complexity index is 1170. The predicted molar refractivity (Wildman–Crippen MR) is 128 cm³/mol. The number of hydrogen-bond donors (Lipinski definition) is 1. The normalized spacial score (nSPS) is 23.0. The van der Waals surface area contributed by atoms with E-state index in [-0.39, 0.29) is 13.0 Å². The van der Waals surface area contributed by atoms with Crippen LogP contribution in [0.3, 0.4) is 0 Å². The number of nitrogens with one attached hydrogen (secondary N) is 1. The molecule has 0 spiro atoms. The molecule has 37 heavy (non-hydrogen) atoms. The second kappa shape index (κ2) is 12.3. The Kier molecular flexibility index (Phi) is 9.18. The van der Waals surface area contributed by atoms with E-state index in [4.69, 9.17) is 23.7 Å². The maximum absolute atomic E-state index is 13.2. The van der Waals surface area contributed by atoms with Crippen molar-refractivity contribution in [2.75, 3.05) is 6.61 Å². The van der Waals surface area contributed by atoms with E-state index < -0.39 is 60.4 Å². The smallest absolute Gasteiger partial charge is 0.305 e. The zero-order valence-electron chi connectivity index (χ0n) is 20.9. The summed E-state index contributed by atoms with van der Waals surface area (Å²) >= 11 is 0. The molecule has 0 unspecified atom stereocenters. The van der Waals surface area contributed by atoms with E-state index in [0.717, 1.165) is 37.1 Å². The quantitative estimate of drug-likeness (QED) is 0.406. The molecule has 0 aliphatic carbocycles. The lowest BCUT2D eigenvalue weighted by Gasteiger charge is -2.44. The lowest BCUT2D eigenvalue weighted by Crippen LogP contribution is -2.67. The van der Waals surface area contributed by atoms with Gasteiger partial charge in [-0.2, -0.15) is 0 Å². The second-order valence-corrected chi connectivity index (χ2v) is 8.51. The van der Waals surface area contributed by atoms with Crippen molar-refractivity contribution in [1.82, 2.24) is 5.32 Å². The van der Waals surface area contributed by atoms with Gasteiger partial charge < -0.3 is 29.0 Å². The Balaban J connectivity index is 1.93. The highest BCUT2D eigenvalue weighted by molar-refractivity contribution is 5.90. The number of esters is 4. The van der Waals surface area contributed by atoms with Crippen molar-refractivity contribution in [2.24, 2.45) is 0 Å².